The van der Waals surface area contributed by atoms with Gasteiger partial charge in [-0.1, -0.05) is 26.8 Å². The quantitative estimate of drug-likeness (QED) is 0.832. The van der Waals surface area contributed by atoms with Gasteiger partial charge in [0.25, 0.3) is 0 Å². The van der Waals surface area contributed by atoms with E-state index in [0.29, 0.717) is 13.1 Å². The Bertz CT molecular complexity index is 354. The fraction of sp³-hybridized carbons (Fsp3) is 0.643. The van der Waals surface area contributed by atoms with Crippen LogP contribution in [-0.4, -0.2) is 19.0 Å². The molecule has 1 aromatic heterocycles. The molecule has 1 amide bonds. The van der Waals surface area contributed by atoms with E-state index in [1.807, 2.05) is 6.07 Å². The van der Waals surface area contributed by atoms with Crippen LogP contribution >= 0.6 is 11.3 Å². The van der Waals surface area contributed by atoms with E-state index in [2.05, 4.69) is 37.5 Å². The second kappa shape index (κ2) is 6.90. The zero-order chi connectivity index (χ0) is 13.6. The molecule has 0 aliphatic heterocycles. The molecule has 0 saturated carbocycles. The first-order valence-electron chi connectivity index (χ1n) is 6.42. The summed E-state index contributed by atoms with van der Waals surface area (Å²) < 4.78 is 0. The summed E-state index contributed by atoms with van der Waals surface area (Å²) in [5, 5.41) is 5.04. The zero-order valence-electron chi connectivity index (χ0n) is 11.5. The third-order valence-electron chi connectivity index (χ3n) is 2.76. The minimum absolute atomic E-state index is 0.0756. The highest BCUT2D eigenvalue weighted by Crippen LogP contribution is 2.23. The predicted octanol–water partition coefficient (Wildman–Crippen LogP) is 2.42. The molecule has 1 aromatic rings. The zero-order valence-corrected chi connectivity index (χ0v) is 12.3. The van der Waals surface area contributed by atoms with Gasteiger partial charge in [0.2, 0.25) is 5.91 Å². The van der Waals surface area contributed by atoms with Gasteiger partial charge in [0.05, 0.1) is 5.92 Å². The summed E-state index contributed by atoms with van der Waals surface area (Å²) in [6.45, 7) is 7.51. The number of nitrogens with one attached hydrogen (secondary N) is 1. The highest BCUT2D eigenvalue weighted by Gasteiger charge is 2.23. The summed E-state index contributed by atoms with van der Waals surface area (Å²) in [4.78, 5) is 13.3. The first-order chi connectivity index (χ1) is 8.42. The summed E-state index contributed by atoms with van der Waals surface area (Å²) in [6.07, 6.45) is 1.73. The fourth-order valence-electron chi connectivity index (χ4n) is 1.93. The summed E-state index contributed by atoms with van der Waals surface area (Å²) in [6, 6.07) is 4.12. The van der Waals surface area contributed by atoms with Crippen molar-refractivity contribution in [1.82, 2.24) is 5.32 Å². The molecule has 1 atom stereocenters. The molecule has 0 aromatic carbocycles. The molecular weight excluding hydrogens is 244 g/mol. The molecule has 18 heavy (non-hydrogen) atoms. The van der Waals surface area contributed by atoms with E-state index in [1.165, 1.54) is 4.88 Å². The van der Waals surface area contributed by atoms with Gasteiger partial charge in [0.15, 0.2) is 0 Å². The van der Waals surface area contributed by atoms with Crippen molar-refractivity contribution in [3.8, 4) is 0 Å². The monoisotopic (exact) mass is 268 g/mol. The van der Waals surface area contributed by atoms with Crippen LogP contribution in [0, 0.1) is 11.3 Å². The lowest BCUT2D eigenvalue weighted by molar-refractivity contribution is -0.125. The molecule has 0 bridgehead atoms. The Morgan fingerprint density at radius 3 is 2.72 bits per heavy atom. The summed E-state index contributed by atoms with van der Waals surface area (Å²) in [5.41, 5.74) is 5.82. The van der Waals surface area contributed by atoms with Crippen LogP contribution in [0.4, 0.5) is 0 Å². The Hall–Kier alpha value is -0.870. The number of carbonyl (C=O) groups excluding carboxylic acids is 1. The second-order valence-electron chi connectivity index (χ2n) is 5.82. The van der Waals surface area contributed by atoms with Crippen molar-refractivity contribution in [2.45, 2.75) is 33.6 Å². The van der Waals surface area contributed by atoms with Crippen LogP contribution in [0.15, 0.2) is 17.5 Å². The van der Waals surface area contributed by atoms with Crippen molar-refractivity contribution in [1.29, 1.82) is 0 Å². The standard InChI is InChI=1S/C14H24N2OS/c1-14(2,3)9-11(10-15)13(17)16-7-6-12-5-4-8-18-12/h4-5,8,11H,6-7,9-10,15H2,1-3H3,(H,16,17). The van der Waals surface area contributed by atoms with Gasteiger partial charge in [-0.25, -0.2) is 0 Å². The predicted molar refractivity (Wildman–Crippen MR) is 77.6 cm³/mol. The number of hydrogen-bond acceptors (Lipinski definition) is 3. The maximum absolute atomic E-state index is 12.0. The third kappa shape index (κ3) is 5.65. The van der Waals surface area contributed by atoms with Crippen LogP contribution in [0.5, 0.6) is 0 Å². The molecule has 3 N–H and O–H groups in total. The molecule has 102 valence electrons. The van der Waals surface area contributed by atoms with E-state index >= 15 is 0 Å². The van der Waals surface area contributed by atoms with Gasteiger partial charge in [-0.15, -0.1) is 11.3 Å². The van der Waals surface area contributed by atoms with E-state index in [9.17, 15) is 4.79 Å². The Morgan fingerprint density at radius 1 is 1.50 bits per heavy atom. The van der Waals surface area contributed by atoms with Crippen molar-refractivity contribution >= 4 is 17.2 Å². The molecule has 3 nitrogen and oxygen atoms in total. The normalized spacial score (nSPS) is 13.3. The van der Waals surface area contributed by atoms with Gasteiger partial charge in [-0.3, -0.25) is 4.79 Å². The van der Waals surface area contributed by atoms with Gasteiger partial charge in [0.1, 0.15) is 0 Å². The number of nitrogens with two attached hydrogens (primary N) is 1. The molecule has 0 fully saturated rings. The second-order valence-corrected chi connectivity index (χ2v) is 6.85. The van der Waals surface area contributed by atoms with Gasteiger partial charge < -0.3 is 11.1 Å². The average molecular weight is 268 g/mol. The van der Waals surface area contributed by atoms with E-state index < -0.39 is 0 Å². The van der Waals surface area contributed by atoms with Crippen LogP contribution in [0.3, 0.4) is 0 Å². The topological polar surface area (TPSA) is 55.1 Å². The van der Waals surface area contributed by atoms with Gasteiger partial charge in [-0.05, 0) is 29.7 Å². The number of carbonyl (C=O) groups is 1. The number of amides is 1. The van der Waals surface area contributed by atoms with Crippen LogP contribution < -0.4 is 11.1 Å². The first-order valence-corrected chi connectivity index (χ1v) is 7.30. The van der Waals surface area contributed by atoms with E-state index in [4.69, 9.17) is 5.73 Å². The largest absolute Gasteiger partial charge is 0.355 e. The lowest BCUT2D eigenvalue weighted by Gasteiger charge is -2.24. The van der Waals surface area contributed by atoms with Gasteiger partial charge >= 0.3 is 0 Å². The Morgan fingerprint density at radius 2 is 2.22 bits per heavy atom. The summed E-state index contributed by atoms with van der Waals surface area (Å²) in [7, 11) is 0. The van der Waals surface area contributed by atoms with Crippen LogP contribution in [0.2, 0.25) is 0 Å². The minimum Gasteiger partial charge on any atom is -0.355 e. The lowest BCUT2D eigenvalue weighted by atomic mass is 9.84. The van der Waals surface area contributed by atoms with Crippen molar-refractivity contribution < 1.29 is 4.79 Å². The van der Waals surface area contributed by atoms with Gasteiger partial charge in [0, 0.05) is 18.0 Å². The van der Waals surface area contributed by atoms with Crippen molar-refractivity contribution in [3.05, 3.63) is 22.4 Å². The summed E-state index contributed by atoms with van der Waals surface area (Å²) in [5.74, 6) is 0.0114. The fourth-order valence-corrected chi connectivity index (χ4v) is 2.64. The first kappa shape index (κ1) is 15.2. The molecule has 1 unspecified atom stereocenters. The maximum Gasteiger partial charge on any atom is 0.224 e. The van der Waals surface area contributed by atoms with Gasteiger partial charge in [-0.2, -0.15) is 0 Å². The Kier molecular flexibility index (Phi) is 5.82. The third-order valence-corrected chi connectivity index (χ3v) is 3.70. The highest BCUT2D eigenvalue weighted by atomic mass is 32.1. The SMILES string of the molecule is CC(C)(C)CC(CN)C(=O)NCCc1cccs1. The van der Waals surface area contributed by atoms with E-state index in [0.717, 1.165) is 12.8 Å². The van der Waals surface area contributed by atoms with Crippen LogP contribution in [0.25, 0.3) is 0 Å². The average Bonchev–Trinajstić information content (AvgIpc) is 2.77. The Labute approximate surface area is 114 Å². The van der Waals surface area contributed by atoms with Crippen LogP contribution in [0.1, 0.15) is 32.1 Å². The molecule has 4 heteroatoms. The van der Waals surface area contributed by atoms with E-state index in [1.54, 1.807) is 11.3 Å². The Balaban J connectivity index is 2.33. The molecule has 0 radical (unpaired) electrons. The highest BCUT2D eigenvalue weighted by molar-refractivity contribution is 7.09. The smallest absolute Gasteiger partial charge is 0.224 e. The number of thiophene rings is 1. The molecule has 1 heterocycles. The molecule has 0 aliphatic carbocycles. The van der Waals surface area contributed by atoms with E-state index in [-0.39, 0.29) is 17.2 Å². The van der Waals surface area contributed by atoms with Crippen LogP contribution in [-0.2, 0) is 11.2 Å². The molecule has 1 rings (SSSR count). The number of hydrogen-bond donors (Lipinski definition) is 2. The molecule has 0 aliphatic rings. The van der Waals surface area contributed by atoms with Crippen molar-refractivity contribution in [3.63, 3.8) is 0 Å². The molecule has 0 saturated heterocycles. The molecular formula is C14H24N2OS. The van der Waals surface area contributed by atoms with Crippen molar-refractivity contribution in [2.75, 3.05) is 13.1 Å². The minimum atomic E-state index is -0.0756. The number of rotatable bonds is 6. The molecule has 0 spiro atoms. The maximum atomic E-state index is 12.0. The lowest BCUT2D eigenvalue weighted by Crippen LogP contribution is -2.38. The van der Waals surface area contributed by atoms with Crippen molar-refractivity contribution in [2.24, 2.45) is 17.1 Å². The summed E-state index contributed by atoms with van der Waals surface area (Å²) >= 11 is 1.72.